The van der Waals surface area contributed by atoms with Gasteiger partial charge in [0.2, 0.25) is 0 Å². The van der Waals surface area contributed by atoms with Gasteiger partial charge >= 0.3 is 12.4 Å². The molecule has 1 saturated heterocycles. The van der Waals surface area contributed by atoms with Crippen LogP contribution in [0.15, 0.2) is 42.5 Å². The number of alkyl halides is 6. The van der Waals surface area contributed by atoms with Crippen LogP contribution in [-0.4, -0.2) is 29.0 Å². The Balaban J connectivity index is 1.77. The van der Waals surface area contributed by atoms with E-state index in [1.165, 1.54) is 6.42 Å². The molecule has 1 aliphatic heterocycles. The second-order valence-electron chi connectivity index (χ2n) is 9.26. The summed E-state index contributed by atoms with van der Waals surface area (Å²) in [5.74, 6) is 0.608. The average molecular weight is 483 g/mol. The fourth-order valence-electron chi connectivity index (χ4n) is 4.97. The van der Waals surface area contributed by atoms with Crippen LogP contribution < -0.4 is 0 Å². The molecular formula is C26H28F6N2. The highest BCUT2D eigenvalue weighted by atomic mass is 19.4. The smallest absolute Gasteiger partial charge is 0.354 e. The van der Waals surface area contributed by atoms with E-state index in [2.05, 4.69) is 23.7 Å². The lowest BCUT2D eigenvalue weighted by atomic mass is 9.91. The quantitative estimate of drug-likeness (QED) is 0.366. The van der Waals surface area contributed by atoms with Gasteiger partial charge in [0.1, 0.15) is 0 Å². The second kappa shape index (κ2) is 9.29. The van der Waals surface area contributed by atoms with Crippen molar-refractivity contribution in [2.45, 2.75) is 57.9 Å². The average Bonchev–Trinajstić information content (AvgIpc) is 3.16. The normalized spacial score (nSPS) is 20.2. The van der Waals surface area contributed by atoms with Crippen molar-refractivity contribution in [2.75, 3.05) is 13.1 Å². The maximum absolute atomic E-state index is 13.5. The number of halogens is 6. The molecule has 1 fully saturated rings. The number of hydrogen-bond donors (Lipinski definition) is 1. The number of nitrogens with one attached hydrogen (secondary N) is 1. The van der Waals surface area contributed by atoms with Crippen LogP contribution in [0.25, 0.3) is 22.2 Å². The van der Waals surface area contributed by atoms with Crippen LogP contribution in [0.1, 0.15) is 49.8 Å². The molecule has 2 aromatic carbocycles. The van der Waals surface area contributed by atoms with Crippen molar-refractivity contribution in [1.82, 2.24) is 9.88 Å². The Morgan fingerprint density at radius 1 is 0.941 bits per heavy atom. The lowest BCUT2D eigenvalue weighted by molar-refractivity contribution is -0.143. The predicted molar refractivity (Wildman–Crippen MR) is 121 cm³/mol. The number of fused-ring (bicyclic) bond motifs is 1. The van der Waals surface area contributed by atoms with E-state index in [9.17, 15) is 26.3 Å². The minimum atomic E-state index is -4.89. The molecule has 0 bridgehead atoms. The summed E-state index contributed by atoms with van der Waals surface area (Å²) in [4.78, 5) is 5.49. The number of benzene rings is 2. The largest absolute Gasteiger partial charge is 0.416 e. The van der Waals surface area contributed by atoms with Crippen molar-refractivity contribution in [2.24, 2.45) is 5.92 Å². The van der Waals surface area contributed by atoms with Crippen LogP contribution in [0.5, 0.6) is 0 Å². The third-order valence-electron chi connectivity index (χ3n) is 7.03. The standard InChI is InChI=1S/C26H28F6N2/c1-3-17-9-8-16(2)34(15-17)11-10-22-21-6-4-5-7-23(21)33-24(22)18-12-19(25(27,28)29)14-20(13-18)26(30,31)32/h4-7,12-14,16-17,33H,3,8-11,15H2,1-2H3. The van der Waals surface area contributed by atoms with Gasteiger partial charge in [-0.2, -0.15) is 26.3 Å². The molecule has 1 aromatic heterocycles. The van der Waals surface area contributed by atoms with E-state index in [4.69, 9.17) is 0 Å². The minimum absolute atomic E-state index is 0.105. The molecule has 8 heteroatoms. The number of H-pyrrole nitrogens is 1. The summed E-state index contributed by atoms with van der Waals surface area (Å²) >= 11 is 0. The Morgan fingerprint density at radius 3 is 2.21 bits per heavy atom. The molecule has 0 amide bonds. The molecule has 2 heterocycles. The maximum Gasteiger partial charge on any atom is 0.416 e. The summed E-state index contributed by atoms with van der Waals surface area (Å²) in [5.41, 5.74) is -0.971. The molecule has 34 heavy (non-hydrogen) atoms. The van der Waals surface area contributed by atoms with Crippen molar-refractivity contribution in [3.8, 4) is 11.3 Å². The Kier molecular flexibility index (Phi) is 6.73. The van der Waals surface area contributed by atoms with Gasteiger partial charge in [-0.05, 0) is 67.5 Å². The molecule has 184 valence electrons. The zero-order valence-corrected chi connectivity index (χ0v) is 19.2. The number of likely N-dealkylation sites (tertiary alicyclic amines) is 1. The van der Waals surface area contributed by atoms with Gasteiger partial charge in [-0.15, -0.1) is 0 Å². The van der Waals surface area contributed by atoms with Gasteiger partial charge < -0.3 is 9.88 Å². The van der Waals surface area contributed by atoms with Crippen molar-refractivity contribution in [3.05, 3.63) is 59.2 Å². The lowest BCUT2D eigenvalue weighted by Gasteiger charge is -2.37. The van der Waals surface area contributed by atoms with E-state index < -0.39 is 23.5 Å². The summed E-state index contributed by atoms with van der Waals surface area (Å²) in [6.07, 6.45) is -5.90. The van der Waals surface area contributed by atoms with E-state index in [0.717, 1.165) is 42.5 Å². The van der Waals surface area contributed by atoms with E-state index in [1.54, 1.807) is 12.1 Å². The highest BCUT2D eigenvalue weighted by molar-refractivity contribution is 5.91. The molecule has 1 aliphatic rings. The second-order valence-corrected chi connectivity index (χ2v) is 9.26. The van der Waals surface area contributed by atoms with E-state index >= 15 is 0 Å². The Morgan fingerprint density at radius 2 is 1.59 bits per heavy atom. The summed E-state index contributed by atoms with van der Waals surface area (Å²) < 4.78 is 80.9. The molecule has 0 radical (unpaired) electrons. The first kappa shape index (κ1) is 24.6. The molecular weight excluding hydrogens is 454 g/mol. The van der Waals surface area contributed by atoms with Gasteiger partial charge in [0.15, 0.2) is 0 Å². The monoisotopic (exact) mass is 482 g/mol. The van der Waals surface area contributed by atoms with Crippen LogP contribution >= 0.6 is 0 Å². The Labute approximate surface area is 195 Å². The third kappa shape index (κ3) is 5.11. The number of rotatable bonds is 5. The first-order valence-electron chi connectivity index (χ1n) is 11.6. The molecule has 1 N–H and O–H groups in total. The summed E-state index contributed by atoms with van der Waals surface area (Å²) in [6, 6.07) is 9.44. The van der Waals surface area contributed by atoms with Crippen LogP contribution in [0.4, 0.5) is 26.3 Å². The van der Waals surface area contributed by atoms with Crippen molar-refractivity contribution >= 4 is 10.9 Å². The van der Waals surface area contributed by atoms with Gasteiger partial charge in [-0.25, -0.2) is 0 Å². The van der Waals surface area contributed by atoms with E-state index in [-0.39, 0.29) is 11.6 Å². The van der Waals surface area contributed by atoms with Gasteiger partial charge in [-0.3, -0.25) is 0 Å². The predicted octanol–water partition coefficient (Wildman–Crippen LogP) is 7.93. The van der Waals surface area contributed by atoms with E-state index in [1.807, 2.05) is 12.1 Å². The van der Waals surface area contributed by atoms with Crippen LogP contribution in [0, 0.1) is 5.92 Å². The summed E-state index contributed by atoms with van der Waals surface area (Å²) in [7, 11) is 0. The van der Waals surface area contributed by atoms with Crippen LogP contribution in [0.3, 0.4) is 0 Å². The SMILES string of the molecule is CCC1CCC(C)N(CCc2c(-c3cc(C(F)(F)F)cc(C(F)(F)F)c3)[nH]c3ccccc23)C1. The third-order valence-corrected chi connectivity index (χ3v) is 7.03. The van der Waals surface area contributed by atoms with E-state index in [0.29, 0.717) is 36.1 Å². The van der Waals surface area contributed by atoms with Gasteiger partial charge in [0.05, 0.1) is 11.1 Å². The molecule has 4 rings (SSSR count). The van der Waals surface area contributed by atoms with Crippen molar-refractivity contribution in [1.29, 1.82) is 0 Å². The fraction of sp³-hybridized carbons (Fsp3) is 0.462. The maximum atomic E-state index is 13.5. The highest BCUT2D eigenvalue weighted by Crippen LogP contribution is 2.40. The first-order valence-corrected chi connectivity index (χ1v) is 11.6. The molecule has 0 spiro atoms. The zero-order valence-electron chi connectivity index (χ0n) is 19.2. The van der Waals surface area contributed by atoms with Crippen LogP contribution in [-0.2, 0) is 18.8 Å². The number of hydrogen-bond acceptors (Lipinski definition) is 1. The first-order chi connectivity index (χ1) is 16.0. The number of aromatic nitrogens is 1. The minimum Gasteiger partial charge on any atom is -0.354 e. The van der Waals surface area contributed by atoms with Gasteiger partial charge in [-0.1, -0.05) is 31.5 Å². The number of para-hydroxylation sites is 1. The van der Waals surface area contributed by atoms with Crippen molar-refractivity contribution in [3.63, 3.8) is 0 Å². The number of aromatic amines is 1. The van der Waals surface area contributed by atoms with Gasteiger partial charge in [0, 0.05) is 35.7 Å². The Hall–Kier alpha value is -2.48. The molecule has 2 atom stereocenters. The molecule has 0 aliphatic carbocycles. The zero-order chi connectivity index (χ0) is 24.7. The highest BCUT2D eigenvalue weighted by Gasteiger charge is 2.37. The lowest BCUT2D eigenvalue weighted by Crippen LogP contribution is -2.42. The van der Waals surface area contributed by atoms with Crippen molar-refractivity contribution < 1.29 is 26.3 Å². The molecule has 2 nitrogen and oxygen atoms in total. The van der Waals surface area contributed by atoms with Crippen LogP contribution in [0.2, 0.25) is 0 Å². The fourth-order valence-corrected chi connectivity index (χ4v) is 4.97. The Bertz CT molecular complexity index is 1110. The molecule has 0 saturated carbocycles. The molecule has 2 unspecified atom stereocenters. The summed E-state index contributed by atoms with van der Waals surface area (Å²) in [5, 5.41) is 0.820. The van der Waals surface area contributed by atoms with Gasteiger partial charge in [0.25, 0.3) is 0 Å². The number of nitrogens with zero attached hydrogens (tertiary/aromatic N) is 1. The topological polar surface area (TPSA) is 19.0 Å². The summed E-state index contributed by atoms with van der Waals surface area (Å²) in [6.45, 7) is 5.99. The molecule has 3 aromatic rings. The number of piperidine rings is 1.